The molecular formula is C15H17N3O2. The van der Waals surface area contributed by atoms with Gasteiger partial charge in [0.25, 0.3) is 0 Å². The highest BCUT2D eigenvalue weighted by Crippen LogP contribution is 2.26. The number of nitrogens with zero attached hydrogens (tertiary/aromatic N) is 3. The first-order chi connectivity index (χ1) is 9.67. The van der Waals surface area contributed by atoms with Gasteiger partial charge >= 0.3 is 0 Å². The average molecular weight is 271 g/mol. The van der Waals surface area contributed by atoms with Crippen LogP contribution >= 0.6 is 0 Å². The Hall–Kier alpha value is -2.35. The minimum atomic E-state index is -0.0961. The number of allylic oxidation sites excluding steroid dienone is 1. The third kappa shape index (κ3) is 2.80. The highest BCUT2D eigenvalue weighted by atomic mass is 16.5. The van der Waals surface area contributed by atoms with E-state index in [9.17, 15) is 4.79 Å². The number of carbonyl (C=O) groups excluding carboxylic acids is 1. The number of pyridine rings is 1. The highest BCUT2D eigenvalue weighted by molar-refractivity contribution is 5.78. The van der Waals surface area contributed by atoms with Crippen molar-refractivity contribution in [3.05, 3.63) is 36.2 Å². The minimum absolute atomic E-state index is 0.0729. The van der Waals surface area contributed by atoms with Gasteiger partial charge in [0.2, 0.25) is 5.91 Å². The fraction of sp³-hybridized carbons (Fsp3) is 0.400. The molecule has 1 unspecified atom stereocenters. The van der Waals surface area contributed by atoms with Gasteiger partial charge in [-0.1, -0.05) is 13.0 Å². The molecule has 0 aromatic carbocycles. The van der Waals surface area contributed by atoms with E-state index in [1.54, 1.807) is 17.2 Å². The van der Waals surface area contributed by atoms with Crippen molar-refractivity contribution in [3.63, 3.8) is 0 Å². The Morgan fingerprint density at radius 2 is 2.50 bits per heavy atom. The number of fused-ring (bicyclic) bond motifs is 1. The zero-order valence-electron chi connectivity index (χ0n) is 11.5. The summed E-state index contributed by atoms with van der Waals surface area (Å²) in [6, 6.07) is 2.07. The van der Waals surface area contributed by atoms with E-state index < -0.39 is 0 Å². The third-order valence-electron chi connectivity index (χ3n) is 3.31. The summed E-state index contributed by atoms with van der Waals surface area (Å²) in [5, 5.41) is 9.06. The smallest absolute Gasteiger partial charge is 0.226 e. The van der Waals surface area contributed by atoms with E-state index >= 15 is 0 Å². The van der Waals surface area contributed by atoms with Crippen LogP contribution in [0.5, 0.6) is 5.75 Å². The molecule has 1 atom stereocenters. The van der Waals surface area contributed by atoms with Gasteiger partial charge < -0.3 is 9.64 Å². The molecule has 104 valence electrons. The summed E-state index contributed by atoms with van der Waals surface area (Å²) < 4.78 is 5.61. The molecule has 0 aliphatic carbocycles. The van der Waals surface area contributed by atoms with Crippen molar-refractivity contribution < 1.29 is 9.53 Å². The van der Waals surface area contributed by atoms with Crippen LogP contribution < -0.4 is 4.74 Å². The van der Waals surface area contributed by atoms with Crippen LogP contribution in [0.15, 0.2) is 25.0 Å². The van der Waals surface area contributed by atoms with Crippen molar-refractivity contribution in [1.82, 2.24) is 9.88 Å². The van der Waals surface area contributed by atoms with Crippen LogP contribution in [0.4, 0.5) is 0 Å². The van der Waals surface area contributed by atoms with Crippen molar-refractivity contribution in [2.24, 2.45) is 5.92 Å². The first kappa shape index (κ1) is 14.1. The summed E-state index contributed by atoms with van der Waals surface area (Å²) in [6.45, 7) is 6.88. The number of aromatic nitrogens is 1. The maximum atomic E-state index is 12.3. The normalized spacial score (nSPS) is 15.3. The van der Waals surface area contributed by atoms with Gasteiger partial charge in [-0.15, -0.1) is 6.58 Å². The van der Waals surface area contributed by atoms with E-state index in [4.69, 9.17) is 10.00 Å². The standard InChI is InChI=1S/C15H17N3O2/c1-3-4-11(2)15(19)18-5-6-20-14-12(7-16)8-17-9-13(14)10-18/h3,8-9,11H,1,4-6,10H2,2H3. The first-order valence-corrected chi connectivity index (χ1v) is 6.56. The molecule has 1 aliphatic rings. The number of rotatable bonds is 3. The summed E-state index contributed by atoms with van der Waals surface area (Å²) >= 11 is 0. The second-order valence-electron chi connectivity index (χ2n) is 4.82. The molecule has 2 heterocycles. The first-order valence-electron chi connectivity index (χ1n) is 6.56. The van der Waals surface area contributed by atoms with Crippen molar-refractivity contribution in [2.45, 2.75) is 19.9 Å². The van der Waals surface area contributed by atoms with Crippen LogP contribution in [-0.4, -0.2) is 28.9 Å². The molecule has 1 aliphatic heterocycles. The lowest BCUT2D eigenvalue weighted by Crippen LogP contribution is -2.36. The lowest BCUT2D eigenvalue weighted by Gasteiger charge is -2.23. The van der Waals surface area contributed by atoms with Gasteiger partial charge in [0.05, 0.1) is 13.1 Å². The number of hydrogen-bond donors (Lipinski definition) is 0. The zero-order chi connectivity index (χ0) is 14.5. The van der Waals surface area contributed by atoms with E-state index in [-0.39, 0.29) is 11.8 Å². The maximum absolute atomic E-state index is 12.3. The van der Waals surface area contributed by atoms with Crippen LogP contribution in [0.2, 0.25) is 0 Å². The van der Waals surface area contributed by atoms with Crippen LogP contribution in [0.3, 0.4) is 0 Å². The summed E-state index contributed by atoms with van der Waals surface area (Å²) in [7, 11) is 0. The predicted molar refractivity (Wildman–Crippen MR) is 73.8 cm³/mol. The van der Waals surface area contributed by atoms with Gasteiger partial charge in [-0.3, -0.25) is 9.78 Å². The second-order valence-corrected chi connectivity index (χ2v) is 4.82. The quantitative estimate of drug-likeness (QED) is 0.787. The molecule has 2 rings (SSSR count). The van der Waals surface area contributed by atoms with Gasteiger partial charge in [-0.05, 0) is 6.42 Å². The zero-order valence-corrected chi connectivity index (χ0v) is 11.5. The summed E-state index contributed by atoms with van der Waals surface area (Å²) in [5.74, 6) is 0.527. The fourth-order valence-corrected chi connectivity index (χ4v) is 2.25. The van der Waals surface area contributed by atoms with Crippen molar-refractivity contribution in [3.8, 4) is 11.8 Å². The summed E-state index contributed by atoms with van der Waals surface area (Å²) in [4.78, 5) is 18.1. The lowest BCUT2D eigenvalue weighted by atomic mass is 10.1. The number of ether oxygens (including phenoxy) is 1. The lowest BCUT2D eigenvalue weighted by molar-refractivity contribution is -0.135. The van der Waals surface area contributed by atoms with Crippen LogP contribution in [0.1, 0.15) is 24.5 Å². The number of carbonyl (C=O) groups is 1. The topological polar surface area (TPSA) is 66.2 Å². The predicted octanol–water partition coefficient (Wildman–Crippen LogP) is 1.89. The van der Waals surface area contributed by atoms with Gasteiger partial charge in [0.1, 0.15) is 24.0 Å². The Labute approximate surface area is 118 Å². The Kier molecular flexibility index (Phi) is 4.36. The van der Waals surface area contributed by atoms with Crippen molar-refractivity contribution in [1.29, 1.82) is 5.26 Å². The minimum Gasteiger partial charge on any atom is -0.490 e. The molecule has 0 spiro atoms. The molecule has 5 nitrogen and oxygen atoms in total. The molecule has 20 heavy (non-hydrogen) atoms. The van der Waals surface area contributed by atoms with E-state index in [2.05, 4.69) is 17.6 Å². The Bertz CT molecular complexity index is 563. The van der Waals surface area contributed by atoms with Crippen molar-refractivity contribution in [2.75, 3.05) is 13.2 Å². The van der Waals surface area contributed by atoms with Gasteiger partial charge in [0.15, 0.2) is 0 Å². The Balaban J connectivity index is 2.23. The number of amides is 1. The van der Waals surface area contributed by atoms with Crippen molar-refractivity contribution >= 4 is 5.91 Å². The molecule has 1 aromatic rings. The van der Waals surface area contributed by atoms with E-state index in [1.165, 1.54) is 6.20 Å². The number of nitriles is 1. The highest BCUT2D eigenvalue weighted by Gasteiger charge is 2.24. The summed E-state index contributed by atoms with van der Waals surface area (Å²) in [5.41, 5.74) is 1.19. The molecule has 0 radical (unpaired) electrons. The molecule has 1 amide bonds. The molecule has 0 saturated heterocycles. The van der Waals surface area contributed by atoms with Crippen LogP contribution in [0, 0.1) is 17.2 Å². The third-order valence-corrected chi connectivity index (χ3v) is 3.31. The SMILES string of the molecule is C=CCC(C)C(=O)N1CCOc2c(C#N)cncc2C1. The van der Waals surface area contributed by atoms with Gasteiger partial charge in [0, 0.05) is 23.9 Å². The Morgan fingerprint density at radius 1 is 1.70 bits per heavy atom. The van der Waals surface area contributed by atoms with Gasteiger partial charge in [-0.25, -0.2) is 0 Å². The molecule has 0 bridgehead atoms. The molecule has 0 saturated carbocycles. The van der Waals surface area contributed by atoms with Crippen LogP contribution in [0.25, 0.3) is 0 Å². The molecule has 0 N–H and O–H groups in total. The van der Waals surface area contributed by atoms with E-state index in [0.29, 0.717) is 37.4 Å². The fourth-order valence-electron chi connectivity index (χ4n) is 2.25. The average Bonchev–Trinajstić information content (AvgIpc) is 2.68. The van der Waals surface area contributed by atoms with E-state index in [1.807, 2.05) is 6.92 Å². The molecule has 5 heteroatoms. The summed E-state index contributed by atoms with van der Waals surface area (Å²) in [6.07, 6.45) is 5.54. The number of hydrogen-bond acceptors (Lipinski definition) is 4. The molecule has 0 fully saturated rings. The van der Waals surface area contributed by atoms with Gasteiger partial charge in [-0.2, -0.15) is 5.26 Å². The Morgan fingerprint density at radius 3 is 3.20 bits per heavy atom. The maximum Gasteiger partial charge on any atom is 0.226 e. The van der Waals surface area contributed by atoms with E-state index in [0.717, 1.165) is 5.56 Å². The largest absolute Gasteiger partial charge is 0.490 e. The molecule has 1 aromatic heterocycles. The monoisotopic (exact) mass is 271 g/mol. The molecular weight excluding hydrogens is 254 g/mol. The second kappa shape index (κ2) is 6.20. The van der Waals surface area contributed by atoms with Crippen LogP contribution in [-0.2, 0) is 11.3 Å².